The lowest BCUT2D eigenvalue weighted by molar-refractivity contribution is -0.133. The molecule has 2 aliphatic heterocycles. The summed E-state index contributed by atoms with van der Waals surface area (Å²) in [6, 6.07) is 17.0. The maximum absolute atomic E-state index is 13.2. The van der Waals surface area contributed by atoms with Gasteiger partial charge in [0.15, 0.2) is 9.84 Å². The maximum Gasteiger partial charge on any atom is 0.227 e. The number of likely N-dealkylation sites (N-methyl/N-ethyl adjacent to an activating group) is 1. The van der Waals surface area contributed by atoms with Crippen molar-refractivity contribution in [1.29, 1.82) is 0 Å². The van der Waals surface area contributed by atoms with Gasteiger partial charge in [-0.2, -0.15) is 0 Å². The molecule has 40 heavy (non-hydrogen) atoms. The lowest BCUT2D eigenvalue weighted by Gasteiger charge is -2.38. The quantitative estimate of drug-likeness (QED) is 0.432. The van der Waals surface area contributed by atoms with Gasteiger partial charge < -0.3 is 20.4 Å². The van der Waals surface area contributed by atoms with Crippen molar-refractivity contribution < 1.29 is 18.0 Å². The van der Waals surface area contributed by atoms with E-state index in [0.29, 0.717) is 6.54 Å². The number of amides is 2. The van der Waals surface area contributed by atoms with E-state index < -0.39 is 9.84 Å². The van der Waals surface area contributed by atoms with E-state index in [1.165, 1.54) is 6.26 Å². The average Bonchev–Trinajstić information content (AvgIpc) is 2.97. The molecule has 2 atom stereocenters. The van der Waals surface area contributed by atoms with Crippen LogP contribution in [-0.2, 0) is 25.8 Å². The Morgan fingerprint density at radius 1 is 1.05 bits per heavy atom. The summed E-state index contributed by atoms with van der Waals surface area (Å²) in [5, 5.41) is 6.68. The second-order valence-electron chi connectivity index (χ2n) is 11.1. The van der Waals surface area contributed by atoms with Crippen LogP contribution in [0.15, 0.2) is 59.5 Å². The molecule has 0 aromatic heterocycles. The molecule has 2 fully saturated rings. The van der Waals surface area contributed by atoms with Gasteiger partial charge in [0.05, 0.1) is 23.3 Å². The second kappa shape index (κ2) is 14.2. The molecule has 2 heterocycles. The van der Waals surface area contributed by atoms with E-state index in [1.807, 2.05) is 30.0 Å². The van der Waals surface area contributed by atoms with Crippen LogP contribution in [-0.4, -0.2) is 81.6 Å². The molecule has 0 saturated carbocycles. The van der Waals surface area contributed by atoms with Gasteiger partial charge in [-0.15, -0.1) is 0 Å². The lowest BCUT2D eigenvalue weighted by atomic mass is 9.96. The van der Waals surface area contributed by atoms with Crippen LogP contribution in [0.5, 0.6) is 0 Å². The number of rotatable bonds is 11. The first kappa shape index (κ1) is 30.2. The Balaban J connectivity index is 1.28. The summed E-state index contributed by atoms with van der Waals surface area (Å²) in [4.78, 5) is 30.9. The Morgan fingerprint density at radius 3 is 2.35 bits per heavy atom. The Morgan fingerprint density at radius 2 is 1.75 bits per heavy atom. The number of sulfone groups is 1. The molecule has 2 amide bonds. The Kier molecular flexibility index (Phi) is 10.8. The fraction of sp³-hybridized carbons (Fsp3) is 0.548. The van der Waals surface area contributed by atoms with Crippen LogP contribution >= 0.6 is 0 Å². The summed E-state index contributed by atoms with van der Waals surface area (Å²) in [7, 11) is -3.25. The number of benzene rings is 2. The number of nitrogens with zero attached hydrogens (tertiary/aromatic N) is 2. The minimum absolute atomic E-state index is 0.0175. The van der Waals surface area contributed by atoms with Crippen molar-refractivity contribution in [2.75, 3.05) is 45.5 Å². The van der Waals surface area contributed by atoms with Gasteiger partial charge in [-0.25, -0.2) is 8.42 Å². The Labute approximate surface area is 239 Å². The summed E-state index contributed by atoms with van der Waals surface area (Å²) < 4.78 is 23.4. The van der Waals surface area contributed by atoms with Gasteiger partial charge in [-0.3, -0.25) is 9.59 Å². The fourth-order valence-electron chi connectivity index (χ4n) is 5.91. The van der Waals surface area contributed by atoms with Crippen LogP contribution in [0, 0.1) is 5.92 Å². The third-order valence-corrected chi connectivity index (χ3v) is 9.41. The highest BCUT2D eigenvalue weighted by atomic mass is 32.2. The van der Waals surface area contributed by atoms with Crippen LogP contribution in [0.1, 0.15) is 56.2 Å². The Bertz CT molecular complexity index is 1210. The number of likely N-dealkylation sites (tertiary alicyclic amines) is 1. The molecule has 218 valence electrons. The molecule has 2 unspecified atom stereocenters. The topological polar surface area (TPSA) is 98.8 Å². The van der Waals surface area contributed by atoms with Crippen LogP contribution in [0.4, 0.5) is 0 Å². The zero-order valence-electron chi connectivity index (χ0n) is 23.8. The molecule has 2 saturated heterocycles. The van der Waals surface area contributed by atoms with Crippen molar-refractivity contribution >= 4 is 21.7 Å². The molecular weight excluding hydrogens is 524 g/mol. The van der Waals surface area contributed by atoms with E-state index in [1.54, 1.807) is 24.3 Å². The zero-order valence-corrected chi connectivity index (χ0v) is 24.7. The molecule has 2 N–H and O–H groups in total. The van der Waals surface area contributed by atoms with Crippen molar-refractivity contribution in [2.24, 2.45) is 5.92 Å². The maximum atomic E-state index is 13.2. The van der Waals surface area contributed by atoms with E-state index in [-0.39, 0.29) is 41.1 Å². The van der Waals surface area contributed by atoms with Crippen molar-refractivity contribution in [1.82, 2.24) is 20.4 Å². The fourth-order valence-corrected chi connectivity index (χ4v) is 6.54. The number of piperidine rings is 2. The summed E-state index contributed by atoms with van der Waals surface area (Å²) in [6.07, 6.45) is 6.12. The molecule has 2 aromatic carbocycles. The van der Waals surface area contributed by atoms with E-state index in [4.69, 9.17) is 0 Å². The largest absolute Gasteiger partial charge is 0.349 e. The first-order chi connectivity index (χ1) is 19.2. The molecule has 9 heteroatoms. The van der Waals surface area contributed by atoms with Gasteiger partial charge in [-0.05, 0) is 68.8 Å². The molecule has 2 aromatic rings. The average molecular weight is 569 g/mol. The summed E-state index contributed by atoms with van der Waals surface area (Å²) in [5.74, 6) is 0.255. The van der Waals surface area contributed by atoms with Crippen molar-refractivity contribution in [2.45, 2.75) is 62.4 Å². The van der Waals surface area contributed by atoms with E-state index in [2.05, 4.69) is 27.7 Å². The van der Waals surface area contributed by atoms with E-state index >= 15 is 0 Å². The standard InChI is InChI=1S/C31H44N4O4S/c1-3-35(30(36)22-24-11-13-28(14-12-24)40(2,38)39)27-15-19-34(20-16-27)21-17-29(25-8-5-4-6-9-25)33-31(37)26-10-7-18-32-23-26/h4-6,8-9,11-14,26-27,29,32H,3,7,10,15-23H2,1-2H3,(H,33,37). The van der Waals surface area contributed by atoms with Gasteiger partial charge in [-0.1, -0.05) is 42.5 Å². The zero-order chi connectivity index (χ0) is 28.5. The molecule has 4 rings (SSSR count). The van der Waals surface area contributed by atoms with E-state index in [0.717, 1.165) is 76.0 Å². The van der Waals surface area contributed by atoms with Gasteiger partial charge in [0.1, 0.15) is 0 Å². The predicted octanol–water partition coefficient (Wildman–Crippen LogP) is 3.19. The van der Waals surface area contributed by atoms with Gasteiger partial charge in [0.2, 0.25) is 11.8 Å². The number of carbonyl (C=O) groups excluding carboxylic acids is 2. The first-order valence-corrected chi connectivity index (χ1v) is 16.5. The minimum atomic E-state index is -3.25. The van der Waals surface area contributed by atoms with Crippen molar-refractivity contribution in [3.05, 3.63) is 65.7 Å². The predicted molar refractivity (Wildman–Crippen MR) is 158 cm³/mol. The van der Waals surface area contributed by atoms with Crippen molar-refractivity contribution in [3.63, 3.8) is 0 Å². The summed E-state index contributed by atoms with van der Waals surface area (Å²) in [5.41, 5.74) is 1.97. The third kappa shape index (κ3) is 8.38. The van der Waals surface area contributed by atoms with Gasteiger partial charge in [0.25, 0.3) is 0 Å². The Hall–Kier alpha value is -2.75. The SMILES string of the molecule is CCN(C(=O)Cc1ccc(S(C)(=O)=O)cc1)C1CCN(CCC(NC(=O)C2CCCNC2)c2ccccc2)CC1. The lowest BCUT2D eigenvalue weighted by Crippen LogP contribution is -2.48. The molecule has 0 radical (unpaired) electrons. The number of hydrogen-bond acceptors (Lipinski definition) is 6. The van der Waals surface area contributed by atoms with Crippen LogP contribution in [0.3, 0.4) is 0 Å². The van der Waals surface area contributed by atoms with Gasteiger partial charge in [0, 0.05) is 45.0 Å². The summed E-state index contributed by atoms with van der Waals surface area (Å²) >= 11 is 0. The second-order valence-corrected chi connectivity index (χ2v) is 13.2. The normalized spacial score (nSPS) is 19.6. The van der Waals surface area contributed by atoms with E-state index in [9.17, 15) is 18.0 Å². The molecule has 0 aliphatic carbocycles. The molecule has 8 nitrogen and oxygen atoms in total. The molecule has 2 aliphatic rings. The highest BCUT2D eigenvalue weighted by Gasteiger charge is 2.28. The van der Waals surface area contributed by atoms with Gasteiger partial charge >= 0.3 is 0 Å². The van der Waals surface area contributed by atoms with Crippen LogP contribution in [0.2, 0.25) is 0 Å². The highest BCUT2D eigenvalue weighted by Crippen LogP contribution is 2.23. The first-order valence-electron chi connectivity index (χ1n) is 14.6. The molecular formula is C31H44N4O4S. The smallest absolute Gasteiger partial charge is 0.227 e. The van der Waals surface area contributed by atoms with Crippen LogP contribution < -0.4 is 10.6 Å². The molecule has 0 spiro atoms. The monoisotopic (exact) mass is 568 g/mol. The van der Waals surface area contributed by atoms with Crippen molar-refractivity contribution in [3.8, 4) is 0 Å². The highest BCUT2D eigenvalue weighted by molar-refractivity contribution is 7.90. The summed E-state index contributed by atoms with van der Waals surface area (Å²) in [6.45, 7) is 7.14. The molecule has 0 bridgehead atoms. The third-order valence-electron chi connectivity index (χ3n) is 8.29. The number of nitrogens with one attached hydrogen (secondary N) is 2. The van der Waals surface area contributed by atoms with Crippen LogP contribution in [0.25, 0.3) is 0 Å². The number of hydrogen-bond donors (Lipinski definition) is 2. The number of carbonyl (C=O) groups is 2. The minimum Gasteiger partial charge on any atom is -0.349 e.